The molecular formula is C23H29N3O4S2. The number of benzene rings is 2. The van der Waals surface area contributed by atoms with Crippen LogP contribution < -0.4 is 15.4 Å². The number of hydrogen-bond acceptors (Lipinski definition) is 5. The molecule has 0 bridgehead atoms. The lowest BCUT2D eigenvalue weighted by atomic mass is 10.2. The first-order chi connectivity index (χ1) is 15.4. The summed E-state index contributed by atoms with van der Waals surface area (Å²) in [6.45, 7) is 3.92. The number of rotatable bonds is 9. The van der Waals surface area contributed by atoms with Crippen LogP contribution in [0.15, 0.2) is 53.4 Å². The zero-order chi connectivity index (χ0) is 23.0. The van der Waals surface area contributed by atoms with Gasteiger partial charge in [0.2, 0.25) is 10.0 Å². The molecule has 0 aliphatic carbocycles. The summed E-state index contributed by atoms with van der Waals surface area (Å²) in [6.07, 6.45) is 5.05. The van der Waals surface area contributed by atoms with Crippen molar-refractivity contribution in [3.05, 3.63) is 54.1 Å². The van der Waals surface area contributed by atoms with Crippen molar-refractivity contribution in [2.45, 2.75) is 43.9 Å². The maximum atomic E-state index is 12.6. The lowest BCUT2D eigenvalue weighted by molar-refractivity contribution is 0.0977. The van der Waals surface area contributed by atoms with Gasteiger partial charge in [-0.1, -0.05) is 19.8 Å². The number of nitrogens with one attached hydrogen (secondary N) is 2. The Morgan fingerprint density at radius 3 is 2.31 bits per heavy atom. The van der Waals surface area contributed by atoms with Gasteiger partial charge in [0.05, 0.1) is 11.5 Å². The van der Waals surface area contributed by atoms with Crippen LogP contribution in [0.4, 0.5) is 5.69 Å². The van der Waals surface area contributed by atoms with E-state index in [0.717, 1.165) is 37.9 Å². The van der Waals surface area contributed by atoms with E-state index in [-0.39, 0.29) is 15.9 Å². The molecule has 1 amide bonds. The first-order valence-electron chi connectivity index (χ1n) is 10.9. The Labute approximate surface area is 195 Å². The standard InChI is InChI=1S/C23H29N3O4S2/c1-2-3-6-17-30-20-11-7-18(8-12-20)22(27)25-23(31)24-19-9-13-21(14-10-19)32(28,29)26-15-4-5-16-26/h7-14H,2-6,15-17H2,1H3,(H2,24,25,27,31). The fourth-order valence-electron chi connectivity index (χ4n) is 3.37. The number of anilines is 1. The second-order valence-corrected chi connectivity index (χ2v) is 9.97. The van der Waals surface area contributed by atoms with Gasteiger partial charge in [0, 0.05) is 24.3 Å². The average Bonchev–Trinajstić information content (AvgIpc) is 3.33. The van der Waals surface area contributed by atoms with Crippen molar-refractivity contribution in [2.24, 2.45) is 0 Å². The molecule has 2 N–H and O–H groups in total. The molecule has 2 aromatic rings. The van der Waals surface area contributed by atoms with E-state index in [1.807, 2.05) is 0 Å². The monoisotopic (exact) mass is 475 g/mol. The second kappa shape index (κ2) is 11.4. The molecule has 1 aliphatic rings. The third-order valence-electron chi connectivity index (χ3n) is 5.18. The lowest BCUT2D eigenvalue weighted by Crippen LogP contribution is -2.34. The van der Waals surface area contributed by atoms with E-state index in [9.17, 15) is 13.2 Å². The molecule has 32 heavy (non-hydrogen) atoms. The number of carbonyl (C=O) groups is 1. The van der Waals surface area contributed by atoms with Crippen molar-refractivity contribution in [1.82, 2.24) is 9.62 Å². The van der Waals surface area contributed by atoms with E-state index in [1.54, 1.807) is 48.5 Å². The van der Waals surface area contributed by atoms with Crippen molar-refractivity contribution in [3.63, 3.8) is 0 Å². The maximum absolute atomic E-state index is 12.6. The summed E-state index contributed by atoms with van der Waals surface area (Å²) in [4.78, 5) is 12.7. The van der Waals surface area contributed by atoms with Crippen LogP contribution in [0.3, 0.4) is 0 Å². The van der Waals surface area contributed by atoms with E-state index < -0.39 is 10.0 Å². The molecule has 0 radical (unpaired) electrons. The summed E-state index contributed by atoms with van der Waals surface area (Å²) in [7, 11) is -3.46. The Kier molecular flexibility index (Phi) is 8.60. The van der Waals surface area contributed by atoms with Crippen LogP contribution in [-0.2, 0) is 10.0 Å². The quantitative estimate of drug-likeness (QED) is 0.418. The molecule has 0 unspecified atom stereocenters. The molecule has 172 valence electrons. The molecule has 3 rings (SSSR count). The molecule has 1 saturated heterocycles. The molecule has 1 fully saturated rings. The highest BCUT2D eigenvalue weighted by Crippen LogP contribution is 2.22. The van der Waals surface area contributed by atoms with Crippen molar-refractivity contribution in [3.8, 4) is 5.75 Å². The first kappa shape index (κ1) is 24.2. The maximum Gasteiger partial charge on any atom is 0.257 e. The molecule has 0 spiro atoms. The number of carbonyl (C=O) groups excluding carboxylic acids is 1. The summed E-state index contributed by atoms with van der Waals surface area (Å²) in [5.74, 6) is 0.385. The molecule has 0 saturated carbocycles. The number of ether oxygens (including phenoxy) is 1. The Morgan fingerprint density at radius 2 is 1.69 bits per heavy atom. The van der Waals surface area contributed by atoms with Crippen LogP contribution in [0, 0.1) is 0 Å². The smallest absolute Gasteiger partial charge is 0.257 e. The number of amides is 1. The van der Waals surface area contributed by atoms with Crippen molar-refractivity contribution in [2.75, 3.05) is 25.0 Å². The Balaban J connectivity index is 1.51. The SMILES string of the molecule is CCCCCOc1ccc(C(=O)NC(=S)Nc2ccc(S(=O)(=O)N3CCCC3)cc2)cc1. The van der Waals surface area contributed by atoms with Gasteiger partial charge in [-0.2, -0.15) is 4.31 Å². The first-order valence-corrected chi connectivity index (χ1v) is 12.7. The highest BCUT2D eigenvalue weighted by molar-refractivity contribution is 7.89. The topological polar surface area (TPSA) is 87.7 Å². The Hall–Kier alpha value is -2.49. The third kappa shape index (κ3) is 6.51. The largest absolute Gasteiger partial charge is 0.494 e. The third-order valence-corrected chi connectivity index (χ3v) is 7.29. The zero-order valence-electron chi connectivity index (χ0n) is 18.2. The number of unbranched alkanes of at least 4 members (excludes halogenated alkanes) is 2. The highest BCUT2D eigenvalue weighted by Gasteiger charge is 2.26. The molecule has 0 atom stereocenters. The molecule has 1 heterocycles. The van der Waals surface area contributed by atoms with Crippen LogP contribution in [0.5, 0.6) is 5.75 Å². The fraction of sp³-hybridized carbons (Fsp3) is 0.391. The fourth-order valence-corrected chi connectivity index (χ4v) is 5.10. The molecule has 2 aromatic carbocycles. The Bertz CT molecular complexity index is 1020. The van der Waals surface area contributed by atoms with E-state index in [1.165, 1.54) is 4.31 Å². The van der Waals surface area contributed by atoms with Crippen LogP contribution in [-0.4, -0.2) is 43.4 Å². The Morgan fingerprint density at radius 1 is 1.03 bits per heavy atom. The second-order valence-electron chi connectivity index (χ2n) is 7.62. The summed E-state index contributed by atoms with van der Waals surface area (Å²) in [5.41, 5.74) is 1.05. The van der Waals surface area contributed by atoms with Crippen molar-refractivity contribution in [1.29, 1.82) is 0 Å². The van der Waals surface area contributed by atoms with Gasteiger partial charge >= 0.3 is 0 Å². The van der Waals surface area contributed by atoms with E-state index in [0.29, 0.717) is 30.9 Å². The number of hydrogen-bond donors (Lipinski definition) is 2. The normalized spacial score (nSPS) is 14.2. The minimum absolute atomic E-state index is 0.130. The highest BCUT2D eigenvalue weighted by atomic mass is 32.2. The minimum atomic E-state index is -3.46. The van der Waals surface area contributed by atoms with Crippen LogP contribution in [0.1, 0.15) is 49.4 Å². The van der Waals surface area contributed by atoms with Crippen LogP contribution in [0.2, 0.25) is 0 Å². The minimum Gasteiger partial charge on any atom is -0.494 e. The molecule has 0 aromatic heterocycles. The van der Waals surface area contributed by atoms with Crippen LogP contribution in [0.25, 0.3) is 0 Å². The van der Waals surface area contributed by atoms with Gasteiger partial charge in [0.1, 0.15) is 5.75 Å². The van der Waals surface area contributed by atoms with Gasteiger partial charge in [-0.15, -0.1) is 0 Å². The zero-order valence-corrected chi connectivity index (χ0v) is 19.8. The summed E-state index contributed by atoms with van der Waals surface area (Å²) >= 11 is 5.22. The predicted octanol–water partition coefficient (Wildman–Crippen LogP) is 4.17. The number of sulfonamides is 1. The summed E-state index contributed by atoms with van der Waals surface area (Å²) in [5, 5.41) is 5.67. The van der Waals surface area contributed by atoms with Crippen LogP contribution >= 0.6 is 12.2 Å². The van der Waals surface area contributed by atoms with Crippen molar-refractivity contribution < 1.29 is 17.9 Å². The van der Waals surface area contributed by atoms with Gasteiger partial charge in [-0.25, -0.2) is 8.42 Å². The number of nitrogens with zero attached hydrogens (tertiary/aromatic N) is 1. The van der Waals surface area contributed by atoms with E-state index in [2.05, 4.69) is 17.6 Å². The summed E-state index contributed by atoms with van der Waals surface area (Å²) < 4.78 is 32.3. The number of thiocarbonyl (C=S) groups is 1. The van der Waals surface area contributed by atoms with Crippen molar-refractivity contribution >= 4 is 38.9 Å². The molecule has 7 nitrogen and oxygen atoms in total. The van der Waals surface area contributed by atoms with E-state index in [4.69, 9.17) is 17.0 Å². The van der Waals surface area contributed by atoms with Gasteiger partial charge < -0.3 is 10.1 Å². The molecule has 9 heteroatoms. The van der Waals surface area contributed by atoms with Gasteiger partial charge in [0.25, 0.3) is 5.91 Å². The lowest BCUT2D eigenvalue weighted by Gasteiger charge is -2.16. The predicted molar refractivity (Wildman–Crippen MR) is 130 cm³/mol. The molecular weight excluding hydrogens is 446 g/mol. The van der Waals surface area contributed by atoms with Gasteiger partial charge in [-0.05, 0) is 80.0 Å². The molecule has 1 aliphatic heterocycles. The van der Waals surface area contributed by atoms with Gasteiger partial charge in [0.15, 0.2) is 5.11 Å². The van der Waals surface area contributed by atoms with Gasteiger partial charge in [-0.3, -0.25) is 10.1 Å². The average molecular weight is 476 g/mol. The summed E-state index contributed by atoms with van der Waals surface area (Å²) in [6, 6.07) is 13.2. The van der Waals surface area contributed by atoms with E-state index >= 15 is 0 Å².